The van der Waals surface area contributed by atoms with Crippen molar-refractivity contribution in [3.8, 4) is 11.1 Å². The smallest absolute Gasteiger partial charge is 0.347 e. The van der Waals surface area contributed by atoms with E-state index in [1.165, 1.54) is 16.6 Å². The van der Waals surface area contributed by atoms with Gasteiger partial charge in [0.1, 0.15) is 11.9 Å². The van der Waals surface area contributed by atoms with Gasteiger partial charge < -0.3 is 5.32 Å². The Hall–Kier alpha value is -3.63. The van der Waals surface area contributed by atoms with Crippen LogP contribution in [-0.2, 0) is 12.6 Å². The van der Waals surface area contributed by atoms with Crippen molar-refractivity contribution in [2.75, 3.05) is 5.32 Å². The Labute approximate surface area is 203 Å². The number of aryl methyl sites for hydroxylation is 1. The first-order chi connectivity index (χ1) is 17.2. The molecule has 11 heteroatoms. The second-order valence-corrected chi connectivity index (χ2v) is 8.40. The van der Waals surface area contributed by atoms with E-state index in [0.717, 1.165) is 24.4 Å². The van der Waals surface area contributed by atoms with Gasteiger partial charge in [-0.15, -0.1) is 5.10 Å². The first-order valence-corrected chi connectivity index (χ1v) is 11.4. The van der Waals surface area contributed by atoms with E-state index < -0.39 is 35.7 Å². The molecule has 2 atom stereocenters. The lowest BCUT2D eigenvalue weighted by Crippen LogP contribution is -2.31. The van der Waals surface area contributed by atoms with E-state index in [1.807, 2.05) is 6.92 Å². The standard InChI is InChI=1S/C25H23F6N5/c1-2-4-21(19(27)8-6-15-10-11-32-22(13-15)25(29,30)31)33-24-34-23-17(5-3-12-36(23)35-24)16-7-9-18(26)20(28)14-16/h3,5,7,9-14,19,21H,2,4,6,8H2,1H3,(H,33,35). The van der Waals surface area contributed by atoms with Gasteiger partial charge in [-0.1, -0.05) is 19.4 Å². The number of halogens is 6. The van der Waals surface area contributed by atoms with Crippen LogP contribution < -0.4 is 5.32 Å². The largest absolute Gasteiger partial charge is 0.433 e. The Morgan fingerprint density at radius 3 is 2.56 bits per heavy atom. The van der Waals surface area contributed by atoms with E-state index >= 15 is 4.39 Å². The molecule has 36 heavy (non-hydrogen) atoms. The maximum absolute atomic E-state index is 15.2. The number of alkyl halides is 4. The predicted molar refractivity (Wildman–Crippen MR) is 123 cm³/mol. The number of nitrogens with zero attached hydrogens (tertiary/aromatic N) is 4. The van der Waals surface area contributed by atoms with E-state index in [9.17, 15) is 22.0 Å². The van der Waals surface area contributed by atoms with Gasteiger partial charge in [-0.25, -0.2) is 17.7 Å². The zero-order chi connectivity index (χ0) is 25.9. The molecule has 0 spiro atoms. The fourth-order valence-electron chi connectivity index (χ4n) is 3.97. The van der Waals surface area contributed by atoms with Crippen molar-refractivity contribution >= 4 is 11.6 Å². The van der Waals surface area contributed by atoms with Crippen molar-refractivity contribution in [3.05, 3.63) is 77.8 Å². The highest BCUT2D eigenvalue weighted by Gasteiger charge is 2.32. The molecule has 0 aliphatic heterocycles. The van der Waals surface area contributed by atoms with Gasteiger partial charge in [-0.05, 0) is 66.8 Å². The van der Waals surface area contributed by atoms with E-state index in [0.29, 0.717) is 35.2 Å². The van der Waals surface area contributed by atoms with Crippen molar-refractivity contribution in [3.63, 3.8) is 0 Å². The summed E-state index contributed by atoms with van der Waals surface area (Å²) < 4.78 is 82.5. The Morgan fingerprint density at radius 2 is 1.83 bits per heavy atom. The zero-order valence-corrected chi connectivity index (χ0v) is 19.2. The Kier molecular flexibility index (Phi) is 7.46. The van der Waals surface area contributed by atoms with Crippen LogP contribution in [0.25, 0.3) is 16.8 Å². The first kappa shape index (κ1) is 25.5. The summed E-state index contributed by atoms with van der Waals surface area (Å²) in [4.78, 5) is 7.75. The SMILES string of the molecule is CCCC(Nc1nc2c(-c3ccc(F)c(F)c3)cccn2n1)C(F)CCc1ccnc(C(F)(F)F)c1. The van der Waals surface area contributed by atoms with Gasteiger partial charge in [0.15, 0.2) is 17.3 Å². The summed E-state index contributed by atoms with van der Waals surface area (Å²) in [5.74, 6) is -1.81. The topological polar surface area (TPSA) is 55.1 Å². The Morgan fingerprint density at radius 1 is 1.03 bits per heavy atom. The van der Waals surface area contributed by atoms with Crippen molar-refractivity contribution < 1.29 is 26.3 Å². The van der Waals surface area contributed by atoms with Crippen LogP contribution >= 0.6 is 0 Å². The molecule has 0 radical (unpaired) electrons. The summed E-state index contributed by atoms with van der Waals surface area (Å²) in [6.07, 6.45) is -2.07. The summed E-state index contributed by atoms with van der Waals surface area (Å²) in [6.45, 7) is 1.89. The lowest BCUT2D eigenvalue weighted by molar-refractivity contribution is -0.141. The van der Waals surface area contributed by atoms with E-state index in [4.69, 9.17) is 0 Å². The first-order valence-electron chi connectivity index (χ1n) is 11.4. The summed E-state index contributed by atoms with van der Waals surface area (Å²) in [6, 6.07) is 8.56. The molecule has 0 fully saturated rings. The number of fused-ring (bicyclic) bond motifs is 1. The number of anilines is 1. The highest BCUT2D eigenvalue weighted by molar-refractivity contribution is 5.77. The molecule has 0 amide bonds. The van der Waals surface area contributed by atoms with Crippen LogP contribution in [0.15, 0.2) is 54.9 Å². The third kappa shape index (κ3) is 5.77. The molecule has 1 N–H and O–H groups in total. The highest BCUT2D eigenvalue weighted by atomic mass is 19.4. The van der Waals surface area contributed by atoms with Gasteiger partial charge in [0.05, 0.1) is 6.04 Å². The molecule has 0 aliphatic rings. The normalized spacial score (nSPS) is 13.6. The Balaban J connectivity index is 1.51. The summed E-state index contributed by atoms with van der Waals surface area (Å²) >= 11 is 0. The quantitative estimate of drug-likeness (QED) is 0.258. The molecule has 1 aromatic carbocycles. The number of aromatic nitrogens is 4. The maximum atomic E-state index is 15.2. The molecule has 0 aliphatic carbocycles. The van der Waals surface area contributed by atoms with E-state index in [-0.39, 0.29) is 18.8 Å². The van der Waals surface area contributed by atoms with Crippen molar-refractivity contribution in [2.24, 2.45) is 0 Å². The van der Waals surface area contributed by atoms with Crippen molar-refractivity contribution in [1.29, 1.82) is 0 Å². The van der Waals surface area contributed by atoms with E-state index in [2.05, 4.69) is 20.4 Å². The molecule has 4 rings (SSSR count). The fourth-order valence-corrected chi connectivity index (χ4v) is 3.97. The third-order valence-corrected chi connectivity index (χ3v) is 5.77. The minimum absolute atomic E-state index is 0.00749. The number of benzene rings is 1. The van der Waals surface area contributed by atoms with Gasteiger partial charge in [-0.3, -0.25) is 4.98 Å². The molecule has 0 bridgehead atoms. The van der Waals surface area contributed by atoms with Crippen LogP contribution in [0.1, 0.15) is 37.4 Å². The molecule has 190 valence electrons. The predicted octanol–water partition coefficient (Wildman–Crippen LogP) is 6.64. The van der Waals surface area contributed by atoms with E-state index in [1.54, 1.807) is 18.3 Å². The van der Waals surface area contributed by atoms with Crippen LogP contribution in [0.2, 0.25) is 0 Å². The maximum Gasteiger partial charge on any atom is 0.433 e. The molecule has 0 saturated heterocycles. The average molecular weight is 507 g/mol. The summed E-state index contributed by atoms with van der Waals surface area (Å²) in [5, 5.41) is 7.32. The number of hydrogen-bond donors (Lipinski definition) is 1. The van der Waals surface area contributed by atoms with Crippen LogP contribution in [0.4, 0.5) is 32.3 Å². The monoisotopic (exact) mass is 507 g/mol. The van der Waals surface area contributed by atoms with Crippen LogP contribution in [0.3, 0.4) is 0 Å². The molecule has 3 aromatic heterocycles. The summed E-state index contributed by atoms with van der Waals surface area (Å²) in [7, 11) is 0. The molecule has 3 heterocycles. The van der Waals surface area contributed by atoms with Crippen LogP contribution in [0.5, 0.6) is 0 Å². The lowest BCUT2D eigenvalue weighted by atomic mass is 10.00. The molecule has 4 aromatic rings. The molecular formula is C25H23F6N5. The van der Waals surface area contributed by atoms with Gasteiger partial charge >= 0.3 is 6.18 Å². The Bertz CT molecular complexity index is 1340. The second kappa shape index (κ2) is 10.5. The number of nitrogens with one attached hydrogen (secondary N) is 1. The van der Waals surface area contributed by atoms with Gasteiger partial charge in [-0.2, -0.15) is 18.2 Å². The second-order valence-electron chi connectivity index (χ2n) is 8.40. The zero-order valence-electron chi connectivity index (χ0n) is 19.2. The number of rotatable bonds is 9. The molecular weight excluding hydrogens is 484 g/mol. The molecule has 5 nitrogen and oxygen atoms in total. The number of hydrogen-bond acceptors (Lipinski definition) is 4. The highest BCUT2D eigenvalue weighted by Crippen LogP contribution is 2.29. The number of pyridine rings is 2. The average Bonchev–Trinajstić information content (AvgIpc) is 3.26. The minimum atomic E-state index is -4.56. The minimum Gasteiger partial charge on any atom is -0.347 e. The third-order valence-electron chi connectivity index (χ3n) is 5.77. The van der Waals surface area contributed by atoms with Crippen molar-refractivity contribution in [2.45, 2.75) is 51.0 Å². The van der Waals surface area contributed by atoms with Crippen LogP contribution in [0, 0.1) is 11.6 Å². The fraction of sp³-hybridized carbons (Fsp3) is 0.320. The molecule has 0 saturated carbocycles. The van der Waals surface area contributed by atoms with Gasteiger partial charge in [0, 0.05) is 18.0 Å². The van der Waals surface area contributed by atoms with Gasteiger partial charge in [0.25, 0.3) is 0 Å². The van der Waals surface area contributed by atoms with Crippen LogP contribution in [-0.4, -0.2) is 31.8 Å². The lowest BCUT2D eigenvalue weighted by Gasteiger charge is -2.21. The van der Waals surface area contributed by atoms with Crippen molar-refractivity contribution in [1.82, 2.24) is 19.6 Å². The van der Waals surface area contributed by atoms with Gasteiger partial charge in [0.2, 0.25) is 5.95 Å². The molecule has 2 unspecified atom stereocenters. The summed E-state index contributed by atoms with van der Waals surface area (Å²) in [5.41, 5.74) is 0.621.